The van der Waals surface area contributed by atoms with Gasteiger partial charge in [-0.3, -0.25) is 0 Å². The maximum Gasteiger partial charge on any atom is 0.224 e. The minimum Gasteiger partial charge on any atom is -0.373 e. The van der Waals surface area contributed by atoms with Crippen molar-refractivity contribution in [2.75, 3.05) is 12.4 Å². The smallest absolute Gasteiger partial charge is 0.224 e. The van der Waals surface area contributed by atoms with Gasteiger partial charge in [0.05, 0.1) is 0 Å². The number of nitrogens with zero attached hydrogens (tertiary/aromatic N) is 2. The summed E-state index contributed by atoms with van der Waals surface area (Å²) in [4.78, 5) is 8.23. The van der Waals surface area contributed by atoms with Crippen LogP contribution >= 0.6 is 11.6 Å². The lowest BCUT2D eigenvalue weighted by Gasteiger charge is -2.13. The van der Waals surface area contributed by atoms with Gasteiger partial charge < -0.3 is 5.32 Å². The Kier molecular flexibility index (Phi) is 3.09. The molecular weight excluding hydrogens is 186 g/mol. The van der Waals surface area contributed by atoms with Crippen molar-refractivity contribution in [2.45, 2.75) is 26.7 Å². The first-order valence-corrected chi connectivity index (χ1v) is 4.65. The summed E-state index contributed by atoms with van der Waals surface area (Å²) in [5, 5.41) is 3.32. The second kappa shape index (κ2) is 3.92. The Balaban J connectivity index is 3.30. The van der Waals surface area contributed by atoms with Crippen LogP contribution in [-0.4, -0.2) is 17.0 Å². The zero-order valence-corrected chi connectivity index (χ0v) is 9.11. The fourth-order valence-corrected chi connectivity index (χ4v) is 1.64. The lowest BCUT2D eigenvalue weighted by atomic mass is 10.0. The molecule has 4 heteroatoms. The molecule has 1 aromatic rings. The Morgan fingerprint density at radius 3 is 2.38 bits per heavy atom. The van der Waals surface area contributed by atoms with Crippen LogP contribution in [0.25, 0.3) is 0 Å². The lowest BCUT2D eigenvalue weighted by Crippen LogP contribution is -2.05. The van der Waals surface area contributed by atoms with E-state index in [2.05, 4.69) is 29.1 Å². The van der Waals surface area contributed by atoms with Crippen molar-refractivity contribution in [3.8, 4) is 0 Å². The number of rotatable bonds is 2. The van der Waals surface area contributed by atoms with E-state index < -0.39 is 0 Å². The third-order valence-corrected chi connectivity index (χ3v) is 2.09. The highest BCUT2D eigenvalue weighted by Gasteiger charge is 2.12. The van der Waals surface area contributed by atoms with Gasteiger partial charge in [0.1, 0.15) is 5.82 Å². The molecule has 0 saturated carbocycles. The summed E-state index contributed by atoms with van der Waals surface area (Å²) >= 11 is 5.74. The van der Waals surface area contributed by atoms with Crippen LogP contribution in [0.1, 0.15) is 31.0 Å². The molecule has 0 atom stereocenters. The topological polar surface area (TPSA) is 37.8 Å². The second-order valence-corrected chi connectivity index (χ2v) is 3.58. The number of anilines is 1. The summed E-state index contributed by atoms with van der Waals surface area (Å²) in [5.74, 6) is 1.23. The molecule has 1 heterocycles. The zero-order valence-electron chi connectivity index (χ0n) is 8.35. The Morgan fingerprint density at radius 1 is 1.31 bits per heavy atom. The summed E-state index contributed by atoms with van der Waals surface area (Å²) in [5.41, 5.74) is 2.08. The van der Waals surface area contributed by atoms with Crippen molar-refractivity contribution >= 4 is 17.4 Å². The molecule has 1 N–H and O–H groups in total. The van der Waals surface area contributed by atoms with E-state index in [1.54, 1.807) is 0 Å². The maximum atomic E-state index is 5.74. The van der Waals surface area contributed by atoms with Crippen LogP contribution in [0.2, 0.25) is 5.28 Å². The van der Waals surface area contributed by atoms with E-state index >= 15 is 0 Å². The molecule has 0 aliphatic heterocycles. The summed E-state index contributed by atoms with van der Waals surface area (Å²) in [6, 6.07) is 0. The van der Waals surface area contributed by atoms with Gasteiger partial charge in [0.2, 0.25) is 5.28 Å². The predicted molar refractivity (Wildman–Crippen MR) is 55.4 cm³/mol. The van der Waals surface area contributed by atoms with Gasteiger partial charge >= 0.3 is 0 Å². The van der Waals surface area contributed by atoms with Gasteiger partial charge in [0.25, 0.3) is 0 Å². The highest BCUT2D eigenvalue weighted by molar-refractivity contribution is 6.28. The van der Waals surface area contributed by atoms with Gasteiger partial charge in [-0.1, -0.05) is 13.8 Å². The lowest BCUT2D eigenvalue weighted by molar-refractivity contribution is 0.832. The van der Waals surface area contributed by atoms with Crippen LogP contribution in [0.4, 0.5) is 5.82 Å². The van der Waals surface area contributed by atoms with Crippen molar-refractivity contribution in [1.82, 2.24) is 9.97 Å². The van der Waals surface area contributed by atoms with Gasteiger partial charge in [-0.2, -0.15) is 0 Å². The third-order valence-electron chi connectivity index (χ3n) is 1.92. The van der Waals surface area contributed by atoms with Crippen LogP contribution in [0, 0.1) is 6.92 Å². The van der Waals surface area contributed by atoms with Crippen LogP contribution in [0.5, 0.6) is 0 Å². The minimum absolute atomic E-state index is 0.297. The maximum absolute atomic E-state index is 5.74. The Hall–Kier alpha value is -0.830. The number of nitrogens with one attached hydrogen (secondary N) is 1. The molecule has 0 amide bonds. The number of hydrogen-bond acceptors (Lipinski definition) is 3. The van der Waals surface area contributed by atoms with E-state index in [0.29, 0.717) is 11.2 Å². The molecule has 0 bridgehead atoms. The average Bonchev–Trinajstić information content (AvgIpc) is 2.01. The second-order valence-electron chi connectivity index (χ2n) is 3.25. The van der Waals surface area contributed by atoms with E-state index in [1.807, 2.05) is 14.0 Å². The molecule has 1 aromatic heterocycles. The highest BCUT2D eigenvalue weighted by Crippen LogP contribution is 2.25. The molecule has 72 valence electrons. The first kappa shape index (κ1) is 10.3. The molecule has 13 heavy (non-hydrogen) atoms. The first-order valence-electron chi connectivity index (χ1n) is 4.28. The Labute approximate surface area is 83.5 Å². The van der Waals surface area contributed by atoms with E-state index in [0.717, 1.165) is 17.1 Å². The van der Waals surface area contributed by atoms with Gasteiger partial charge in [-0.05, 0) is 24.4 Å². The van der Waals surface area contributed by atoms with E-state index in [1.165, 1.54) is 0 Å². The molecular formula is C9H14ClN3. The van der Waals surface area contributed by atoms with Gasteiger partial charge in [-0.25, -0.2) is 9.97 Å². The normalized spacial score (nSPS) is 10.6. The fraction of sp³-hybridized carbons (Fsp3) is 0.556. The monoisotopic (exact) mass is 199 g/mol. The molecule has 3 nitrogen and oxygen atoms in total. The largest absolute Gasteiger partial charge is 0.373 e. The quantitative estimate of drug-likeness (QED) is 0.745. The third kappa shape index (κ3) is 2.10. The zero-order chi connectivity index (χ0) is 10.0. The summed E-state index contributed by atoms with van der Waals surface area (Å²) in [6.07, 6.45) is 0. The van der Waals surface area contributed by atoms with Crippen molar-refractivity contribution < 1.29 is 0 Å². The van der Waals surface area contributed by atoms with Crippen molar-refractivity contribution in [3.05, 3.63) is 16.5 Å². The number of aromatic nitrogens is 2. The van der Waals surface area contributed by atoms with Crippen molar-refractivity contribution in [1.29, 1.82) is 0 Å². The van der Waals surface area contributed by atoms with Crippen LogP contribution in [0.15, 0.2) is 0 Å². The molecule has 0 radical (unpaired) electrons. The molecule has 0 unspecified atom stereocenters. The predicted octanol–water partition coefficient (Wildman–Crippen LogP) is 2.60. The molecule has 0 saturated heterocycles. The fourth-order valence-electron chi connectivity index (χ4n) is 1.43. The average molecular weight is 200 g/mol. The molecule has 0 aliphatic rings. The van der Waals surface area contributed by atoms with Gasteiger partial charge in [-0.15, -0.1) is 0 Å². The van der Waals surface area contributed by atoms with Crippen LogP contribution < -0.4 is 5.32 Å². The molecule has 0 aromatic carbocycles. The highest BCUT2D eigenvalue weighted by atomic mass is 35.5. The molecule has 1 rings (SSSR count). The summed E-state index contributed by atoms with van der Waals surface area (Å²) in [6.45, 7) is 6.17. The standard InChI is InChI=1S/C9H14ClN3/c1-5(2)7-6(3)12-9(10)13-8(7)11-4/h5H,1-4H3,(H,11,12,13). The number of halogens is 1. The SMILES string of the molecule is CNc1nc(Cl)nc(C)c1C(C)C. The Morgan fingerprint density at radius 2 is 1.92 bits per heavy atom. The summed E-state index contributed by atoms with van der Waals surface area (Å²) < 4.78 is 0. The molecule has 0 fully saturated rings. The molecule has 0 spiro atoms. The first-order chi connectivity index (χ1) is 6.06. The van der Waals surface area contributed by atoms with Gasteiger partial charge in [0.15, 0.2) is 0 Å². The van der Waals surface area contributed by atoms with E-state index in [-0.39, 0.29) is 0 Å². The minimum atomic E-state index is 0.297. The molecule has 0 aliphatic carbocycles. The van der Waals surface area contributed by atoms with E-state index in [9.17, 15) is 0 Å². The van der Waals surface area contributed by atoms with Gasteiger partial charge in [0, 0.05) is 18.3 Å². The summed E-state index contributed by atoms with van der Waals surface area (Å²) in [7, 11) is 1.84. The number of aryl methyl sites for hydroxylation is 1. The van der Waals surface area contributed by atoms with Crippen LogP contribution in [-0.2, 0) is 0 Å². The Bertz CT molecular complexity index is 310. The van der Waals surface area contributed by atoms with Crippen LogP contribution in [0.3, 0.4) is 0 Å². The number of hydrogen-bond donors (Lipinski definition) is 1. The van der Waals surface area contributed by atoms with Crippen molar-refractivity contribution in [2.24, 2.45) is 0 Å². The van der Waals surface area contributed by atoms with Crippen molar-refractivity contribution in [3.63, 3.8) is 0 Å². The van der Waals surface area contributed by atoms with E-state index in [4.69, 9.17) is 11.6 Å².